The highest BCUT2D eigenvalue weighted by atomic mass is 35.5. The first-order chi connectivity index (χ1) is 11.8. The van der Waals surface area contributed by atoms with Gasteiger partial charge in [0.05, 0.1) is 6.61 Å². The average Bonchev–Trinajstić information content (AvgIpc) is 3.35. The highest BCUT2D eigenvalue weighted by Crippen LogP contribution is 2.55. The number of anilines is 2. The van der Waals surface area contributed by atoms with Gasteiger partial charge in [0.25, 0.3) is 0 Å². The molecule has 0 bridgehead atoms. The van der Waals surface area contributed by atoms with Crippen LogP contribution in [0.5, 0.6) is 0 Å². The zero-order valence-electron chi connectivity index (χ0n) is 13.5. The Morgan fingerprint density at radius 2 is 2.00 bits per heavy atom. The van der Waals surface area contributed by atoms with E-state index in [0.29, 0.717) is 11.4 Å². The van der Waals surface area contributed by atoms with E-state index in [1.54, 1.807) is 19.1 Å². The third-order valence-electron chi connectivity index (χ3n) is 4.66. The largest absolute Gasteiger partial charge is 0.426 e. The lowest BCUT2D eigenvalue weighted by atomic mass is 9.81. The molecule has 2 heterocycles. The van der Waals surface area contributed by atoms with E-state index in [2.05, 4.69) is 10.3 Å². The Kier molecular flexibility index (Phi) is 3.74. The Bertz CT molecular complexity index is 836. The van der Waals surface area contributed by atoms with E-state index >= 15 is 0 Å². The summed E-state index contributed by atoms with van der Waals surface area (Å²) in [4.78, 5) is 4.26. The molecule has 1 N–H and O–H groups in total. The average molecular weight is 369 g/mol. The van der Waals surface area contributed by atoms with Gasteiger partial charge < -0.3 is 10.1 Å². The van der Waals surface area contributed by atoms with Crippen LogP contribution >= 0.6 is 11.6 Å². The lowest BCUT2D eigenvalue weighted by Gasteiger charge is -2.41. The van der Waals surface area contributed by atoms with Crippen LogP contribution in [0.4, 0.5) is 24.7 Å². The Hall–Kier alpha value is -1.79. The smallest absolute Gasteiger partial charge is 0.356 e. The van der Waals surface area contributed by atoms with Crippen LogP contribution in [0.3, 0.4) is 0 Å². The van der Waals surface area contributed by atoms with Crippen LogP contribution in [0.15, 0.2) is 30.3 Å². The molecule has 1 aliphatic heterocycles. The van der Waals surface area contributed by atoms with Crippen molar-refractivity contribution >= 4 is 23.1 Å². The summed E-state index contributed by atoms with van der Waals surface area (Å²) in [5.41, 5.74) is -1.69. The summed E-state index contributed by atoms with van der Waals surface area (Å²) >= 11 is 6.02. The van der Waals surface area contributed by atoms with Gasteiger partial charge in [-0.1, -0.05) is 11.6 Å². The molecule has 0 spiro atoms. The summed E-state index contributed by atoms with van der Waals surface area (Å²) in [6.45, 7) is 1.79. The van der Waals surface area contributed by atoms with Gasteiger partial charge >= 0.3 is 6.18 Å². The van der Waals surface area contributed by atoms with E-state index in [-0.39, 0.29) is 34.5 Å². The number of nitrogens with one attached hydrogen (secondary N) is 1. The minimum Gasteiger partial charge on any atom is -0.356 e. The second-order valence-corrected chi connectivity index (χ2v) is 7.03. The number of pyridine rings is 1. The molecule has 0 radical (unpaired) electrons. The second-order valence-electron chi connectivity index (χ2n) is 6.60. The van der Waals surface area contributed by atoms with Gasteiger partial charge in [-0.3, -0.25) is 0 Å². The highest BCUT2D eigenvalue weighted by molar-refractivity contribution is 6.30. The summed E-state index contributed by atoms with van der Waals surface area (Å²) < 4.78 is 48.9. The predicted octanol–water partition coefficient (Wildman–Crippen LogP) is 5.33. The number of nitrogens with zero attached hydrogens (tertiary/aromatic N) is 1. The maximum Gasteiger partial charge on any atom is 0.426 e. The number of aromatic nitrogens is 1. The van der Waals surface area contributed by atoms with E-state index in [1.165, 1.54) is 18.2 Å². The number of hydrogen-bond acceptors (Lipinski definition) is 3. The summed E-state index contributed by atoms with van der Waals surface area (Å²) in [6.07, 6.45) is -2.86. The fourth-order valence-electron chi connectivity index (χ4n) is 3.20. The van der Waals surface area contributed by atoms with E-state index in [0.717, 1.165) is 12.8 Å². The molecule has 0 saturated heterocycles. The van der Waals surface area contributed by atoms with E-state index in [9.17, 15) is 13.2 Å². The van der Waals surface area contributed by atoms with Crippen LogP contribution in [0.1, 0.15) is 29.7 Å². The lowest BCUT2D eigenvalue weighted by Crippen LogP contribution is -2.48. The molecular weight excluding hydrogens is 353 g/mol. The van der Waals surface area contributed by atoms with Crippen LogP contribution in [0.2, 0.25) is 5.02 Å². The normalized spacial score (nSPS) is 22.1. The molecular formula is C18H16ClF3N2O. The van der Waals surface area contributed by atoms with E-state index < -0.39 is 11.8 Å². The van der Waals surface area contributed by atoms with Crippen LogP contribution in [-0.4, -0.2) is 17.8 Å². The third kappa shape index (κ3) is 2.68. The Balaban J connectivity index is 1.97. The molecule has 1 atom stereocenters. The maximum atomic E-state index is 14.4. The molecule has 1 saturated carbocycles. The minimum absolute atomic E-state index is 0.0219. The molecule has 1 aromatic heterocycles. The number of ether oxygens (including phenoxy) is 1. The molecule has 2 aliphatic rings. The zero-order valence-corrected chi connectivity index (χ0v) is 14.2. The predicted molar refractivity (Wildman–Crippen MR) is 89.2 cm³/mol. The first kappa shape index (κ1) is 16.7. The van der Waals surface area contributed by atoms with Crippen molar-refractivity contribution in [2.45, 2.75) is 31.5 Å². The topological polar surface area (TPSA) is 34.2 Å². The first-order valence-electron chi connectivity index (χ1n) is 8.07. The molecule has 4 rings (SSSR count). The van der Waals surface area contributed by atoms with Crippen LogP contribution in [-0.2, 0) is 10.3 Å². The zero-order chi connectivity index (χ0) is 17.8. The summed E-state index contributed by atoms with van der Waals surface area (Å²) in [5, 5.41) is 3.22. The van der Waals surface area contributed by atoms with Crippen molar-refractivity contribution in [1.82, 2.24) is 4.98 Å². The van der Waals surface area contributed by atoms with Crippen molar-refractivity contribution in [2.24, 2.45) is 5.92 Å². The van der Waals surface area contributed by atoms with E-state index in [1.807, 2.05) is 0 Å². The summed E-state index contributed by atoms with van der Waals surface area (Å²) in [7, 11) is 0. The first-order valence-corrected chi connectivity index (χ1v) is 8.45. The number of aryl methyl sites for hydroxylation is 1. The standard InChI is InChI=1S/C18H16ClF3N2O/c1-10-2-6-13-16(23-10)24-15-7-5-12(19)8-14(15)17(13,18(20,21)22)25-9-11-3-4-11/h2,5-8,11H,3-4,9H2,1H3,(H,23,24). The molecule has 1 aromatic carbocycles. The fraction of sp³-hybridized carbons (Fsp3) is 0.389. The maximum absolute atomic E-state index is 14.4. The number of benzene rings is 1. The van der Waals surface area contributed by atoms with Crippen molar-refractivity contribution in [2.75, 3.05) is 11.9 Å². The van der Waals surface area contributed by atoms with Gasteiger partial charge in [-0.2, -0.15) is 13.2 Å². The molecule has 7 heteroatoms. The van der Waals surface area contributed by atoms with Crippen molar-refractivity contribution < 1.29 is 17.9 Å². The minimum atomic E-state index is -4.66. The van der Waals surface area contributed by atoms with Crippen molar-refractivity contribution in [1.29, 1.82) is 0 Å². The Labute approximate surface area is 148 Å². The monoisotopic (exact) mass is 368 g/mol. The molecule has 1 fully saturated rings. The molecule has 3 nitrogen and oxygen atoms in total. The summed E-state index contributed by atoms with van der Waals surface area (Å²) in [5.74, 6) is 0.349. The van der Waals surface area contributed by atoms with Crippen LogP contribution in [0.25, 0.3) is 0 Å². The second kappa shape index (κ2) is 5.61. The number of halogens is 4. The lowest BCUT2D eigenvalue weighted by molar-refractivity contribution is -0.268. The van der Waals surface area contributed by atoms with Gasteiger partial charge in [0.1, 0.15) is 5.82 Å². The number of rotatable bonds is 3. The molecule has 1 aliphatic carbocycles. The SMILES string of the molecule is Cc1ccc2c(n1)Nc1ccc(Cl)cc1C2(OCC1CC1)C(F)(F)F. The molecule has 1 unspecified atom stereocenters. The van der Waals surface area contributed by atoms with Gasteiger partial charge in [-0.15, -0.1) is 0 Å². The quantitative estimate of drug-likeness (QED) is 0.794. The highest BCUT2D eigenvalue weighted by Gasteiger charge is 2.62. The molecule has 2 aromatic rings. The van der Waals surface area contributed by atoms with Crippen molar-refractivity contribution in [3.63, 3.8) is 0 Å². The third-order valence-corrected chi connectivity index (χ3v) is 4.89. The molecule has 132 valence electrons. The van der Waals surface area contributed by atoms with E-state index in [4.69, 9.17) is 16.3 Å². The van der Waals surface area contributed by atoms with Gasteiger partial charge in [-0.25, -0.2) is 4.98 Å². The number of fused-ring (bicyclic) bond motifs is 2. The van der Waals surface area contributed by atoms with Gasteiger partial charge in [0, 0.05) is 27.5 Å². The van der Waals surface area contributed by atoms with Crippen molar-refractivity contribution in [3.05, 3.63) is 52.2 Å². The van der Waals surface area contributed by atoms with Crippen LogP contribution < -0.4 is 5.32 Å². The van der Waals surface area contributed by atoms with Crippen LogP contribution in [0, 0.1) is 12.8 Å². The Morgan fingerprint density at radius 3 is 2.68 bits per heavy atom. The molecule has 0 amide bonds. The summed E-state index contributed by atoms with van der Waals surface area (Å²) in [6, 6.07) is 7.42. The number of hydrogen-bond donors (Lipinski definition) is 1. The fourth-order valence-corrected chi connectivity index (χ4v) is 3.37. The van der Waals surface area contributed by atoms with Gasteiger partial charge in [0.2, 0.25) is 5.60 Å². The molecule has 25 heavy (non-hydrogen) atoms. The Morgan fingerprint density at radius 1 is 1.24 bits per heavy atom. The van der Waals surface area contributed by atoms with Gasteiger partial charge in [-0.05, 0) is 56.0 Å². The van der Waals surface area contributed by atoms with Gasteiger partial charge in [0.15, 0.2) is 0 Å². The number of alkyl halides is 3. The van der Waals surface area contributed by atoms with Crippen molar-refractivity contribution in [3.8, 4) is 0 Å².